The SMILES string of the molecule is CC1CC(=O)N(CCC(=O)Nc2cccc(N)c2)C1=O. The number of hydrogen-bond acceptors (Lipinski definition) is 4. The summed E-state index contributed by atoms with van der Waals surface area (Å²) in [5, 5.41) is 2.68. The average Bonchev–Trinajstić information content (AvgIpc) is 2.61. The van der Waals surface area contributed by atoms with Gasteiger partial charge in [-0.2, -0.15) is 0 Å². The van der Waals surface area contributed by atoms with Crippen molar-refractivity contribution in [2.24, 2.45) is 5.92 Å². The summed E-state index contributed by atoms with van der Waals surface area (Å²) < 4.78 is 0. The molecule has 106 valence electrons. The summed E-state index contributed by atoms with van der Waals surface area (Å²) in [6.45, 7) is 1.84. The molecule has 1 atom stereocenters. The lowest BCUT2D eigenvalue weighted by atomic mass is 10.1. The summed E-state index contributed by atoms with van der Waals surface area (Å²) in [6.07, 6.45) is 0.314. The van der Waals surface area contributed by atoms with Crippen molar-refractivity contribution < 1.29 is 14.4 Å². The first-order valence-electron chi connectivity index (χ1n) is 6.47. The van der Waals surface area contributed by atoms with Gasteiger partial charge >= 0.3 is 0 Å². The van der Waals surface area contributed by atoms with Crippen LogP contribution in [0.3, 0.4) is 0 Å². The molecule has 3 amide bonds. The van der Waals surface area contributed by atoms with E-state index in [1.54, 1.807) is 31.2 Å². The van der Waals surface area contributed by atoms with E-state index in [0.717, 1.165) is 4.90 Å². The molecule has 0 radical (unpaired) electrons. The van der Waals surface area contributed by atoms with E-state index in [2.05, 4.69) is 5.32 Å². The van der Waals surface area contributed by atoms with Gasteiger partial charge in [-0.05, 0) is 18.2 Å². The van der Waals surface area contributed by atoms with Gasteiger partial charge in [0.1, 0.15) is 0 Å². The minimum Gasteiger partial charge on any atom is -0.399 e. The molecule has 3 N–H and O–H groups in total. The normalized spacial score (nSPS) is 18.4. The molecule has 1 unspecified atom stereocenters. The Hall–Kier alpha value is -2.37. The number of nitrogens with one attached hydrogen (secondary N) is 1. The highest BCUT2D eigenvalue weighted by Gasteiger charge is 2.35. The zero-order valence-corrected chi connectivity index (χ0v) is 11.3. The van der Waals surface area contributed by atoms with Gasteiger partial charge in [0.25, 0.3) is 0 Å². The molecule has 1 aromatic carbocycles. The van der Waals surface area contributed by atoms with E-state index in [4.69, 9.17) is 5.73 Å². The highest BCUT2D eigenvalue weighted by molar-refractivity contribution is 6.03. The summed E-state index contributed by atoms with van der Waals surface area (Å²) in [5.74, 6) is -0.943. The van der Waals surface area contributed by atoms with E-state index < -0.39 is 0 Å². The molecule has 1 saturated heterocycles. The minimum atomic E-state index is -0.278. The molecule has 0 bridgehead atoms. The molecule has 0 spiro atoms. The fourth-order valence-electron chi connectivity index (χ4n) is 2.14. The van der Waals surface area contributed by atoms with Crippen LogP contribution >= 0.6 is 0 Å². The Morgan fingerprint density at radius 3 is 2.80 bits per heavy atom. The third-order valence-electron chi connectivity index (χ3n) is 3.20. The van der Waals surface area contributed by atoms with Crippen LogP contribution in [-0.2, 0) is 14.4 Å². The summed E-state index contributed by atoms with van der Waals surface area (Å²) in [5.41, 5.74) is 6.77. The van der Waals surface area contributed by atoms with Crippen LogP contribution in [0.25, 0.3) is 0 Å². The number of hydrogen-bond donors (Lipinski definition) is 2. The molecular weight excluding hydrogens is 258 g/mol. The quantitative estimate of drug-likeness (QED) is 0.633. The van der Waals surface area contributed by atoms with Crippen LogP contribution in [0, 0.1) is 5.92 Å². The molecule has 1 aliphatic rings. The van der Waals surface area contributed by atoms with Crippen molar-refractivity contribution in [2.75, 3.05) is 17.6 Å². The van der Waals surface area contributed by atoms with Gasteiger partial charge in [0.2, 0.25) is 17.7 Å². The second kappa shape index (κ2) is 5.73. The lowest BCUT2D eigenvalue weighted by Crippen LogP contribution is -2.33. The Labute approximate surface area is 116 Å². The largest absolute Gasteiger partial charge is 0.399 e. The van der Waals surface area contributed by atoms with Crippen LogP contribution in [0.4, 0.5) is 11.4 Å². The fourth-order valence-corrected chi connectivity index (χ4v) is 2.14. The number of carbonyl (C=O) groups is 3. The highest BCUT2D eigenvalue weighted by atomic mass is 16.2. The van der Waals surface area contributed by atoms with Crippen LogP contribution in [-0.4, -0.2) is 29.2 Å². The average molecular weight is 275 g/mol. The number of imide groups is 1. The van der Waals surface area contributed by atoms with Gasteiger partial charge in [-0.1, -0.05) is 13.0 Å². The third kappa shape index (κ3) is 3.14. The van der Waals surface area contributed by atoms with Crippen molar-refractivity contribution in [1.29, 1.82) is 0 Å². The Kier molecular flexibility index (Phi) is 4.02. The molecule has 1 fully saturated rings. The smallest absolute Gasteiger partial charge is 0.232 e. The van der Waals surface area contributed by atoms with Crippen LogP contribution in [0.2, 0.25) is 0 Å². The molecule has 0 aliphatic carbocycles. The van der Waals surface area contributed by atoms with Crippen molar-refractivity contribution in [3.8, 4) is 0 Å². The summed E-state index contributed by atoms with van der Waals surface area (Å²) in [6, 6.07) is 6.83. The van der Waals surface area contributed by atoms with Gasteiger partial charge in [-0.3, -0.25) is 19.3 Å². The first-order chi connectivity index (χ1) is 9.47. The topological polar surface area (TPSA) is 92.5 Å². The van der Waals surface area contributed by atoms with Gasteiger partial charge in [-0.25, -0.2) is 0 Å². The second-order valence-electron chi connectivity index (χ2n) is 4.91. The molecule has 6 nitrogen and oxygen atoms in total. The van der Waals surface area contributed by atoms with Crippen molar-refractivity contribution >= 4 is 29.1 Å². The van der Waals surface area contributed by atoms with E-state index in [-0.39, 0.29) is 43.0 Å². The standard InChI is InChI=1S/C14H17N3O3/c1-9-7-13(19)17(14(9)20)6-5-12(18)16-11-4-2-3-10(15)8-11/h2-4,8-9H,5-7,15H2,1H3,(H,16,18). The zero-order chi connectivity index (χ0) is 14.7. The highest BCUT2D eigenvalue weighted by Crippen LogP contribution is 2.19. The maximum absolute atomic E-state index is 11.8. The lowest BCUT2D eigenvalue weighted by Gasteiger charge is -2.14. The van der Waals surface area contributed by atoms with Gasteiger partial charge < -0.3 is 11.1 Å². The number of amides is 3. The van der Waals surface area contributed by atoms with Crippen molar-refractivity contribution in [1.82, 2.24) is 4.90 Å². The van der Waals surface area contributed by atoms with Crippen LogP contribution < -0.4 is 11.1 Å². The summed E-state index contributed by atoms with van der Waals surface area (Å²) in [7, 11) is 0. The molecule has 6 heteroatoms. The number of anilines is 2. The molecule has 20 heavy (non-hydrogen) atoms. The number of likely N-dealkylation sites (tertiary alicyclic amines) is 1. The molecule has 0 saturated carbocycles. The van der Waals surface area contributed by atoms with Gasteiger partial charge in [-0.15, -0.1) is 0 Å². The Morgan fingerprint density at radius 2 is 2.20 bits per heavy atom. The monoisotopic (exact) mass is 275 g/mol. The first kappa shape index (κ1) is 14.0. The van der Waals surface area contributed by atoms with E-state index in [1.807, 2.05) is 0 Å². The van der Waals surface area contributed by atoms with Crippen LogP contribution in [0.1, 0.15) is 19.8 Å². The molecule has 1 aliphatic heterocycles. The van der Waals surface area contributed by atoms with E-state index >= 15 is 0 Å². The number of nitrogens with zero attached hydrogens (tertiary/aromatic N) is 1. The molecular formula is C14H17N3O3. The number of carbonyl (C=O) groups excluding carboxylic acids is 3. The van der Waals surface area contributed by atoms with Gasteiger partial charge in [0, 0.05) is 36.7 Å². The summed E-state index contributed by atoms with van der Waals surface area (Å²) in [4.78, 5) is 36.2. The van der Waals surface area contributed by atoms with E-state index in [0.29, 0.717) is 11.4 Å². The predicted octanol–water partition coefficient (Wildman–Crippen LogP) is 0.992. The number of nitrogen functional groups attached to an aromatic ring is 1. The zero-order valence-electron chi connectivity index (χ0n) is 11.3. The molecule has 1 aromatic rings. The maximum atomic E-state index is 11.8. The Bertz CT molecular complexity index is 556. The predicted molar refractivity (Wildman–Crippen MR) is 74.6 cm³/mol. The Morgan fingerprint density at radius 1 is 1.45 bits per heavy atom. The lowest BCUT2D eigenvalue weighted by molar-refractivity contribution is -0.139. The van der Waals surface area contributed by atoms with Crippen molar-refractivity contribution in [2.45, 2.75) is 19.8 Å². The summed E-state index contributed by atoms with van der Waals surface area (Å²) >= 11 is 0. The van der Waals surface area contributed by atoms with E-state index in [1.165, 1.54) is 0 Å². The van der Waals surface area contributed by atoms with Gasteiger partial charge in [0.15, 0.2) is 0 Å². The van der Waals surface area contributed by atoms with Gasteiger partial charge in [0.05, 0.1) is 0 Å². The third-order valence-corrected chi connectivity index (χ3v) is 3.20. The van der Waals surface area contributed by atoms with E-state index in [9.17, 15) is 14.4 Å². The van der Waals surface area contributed by atoms with Crippen molar-refractivity contribution in [3.63, 3.8) is 0 Å². The minimum absolute atomic E-state index is 0.0823. The molecule has 2 rings (SSSR count). The number of benzene rings is 1. The fraction of sp³-hybridized carbons (Fsp3) is 0.357. The number of rotatable bonds is 4. The molecule has 1 heterocycles. The maximum Gasteiger partial charge on any atom is 0.232 e. The van der Waals surface area contributed by atoms with Crippen LogP contribution in [0.5, 0.6) is 0 Å². The Balaban J connectivity index is 1.87. The van der Waals surface area contributed by atoms with Crippen molar-refractivity contribution in [3.05, 3.63) is 24.3 Å². The number of nitrogens with two attached hydrogens (primary N) is 1. The van der Waals surface area contributed by atoms with Crippen LogP contribution in [0.15, 0.2) is 24.3 Å². The first-order valence-corrected chi connectivity index (χ1v) is 6.47. The second-order valence-corrected chi connectivity index (χ2v) is 4.91. The molecule has 0 aromatic heterocycles.